The summed E-state index contributed by atoms with van der Waals surface area (Å²) in [4.78, 5) is 0. The van der Waals surface area contributed by atoms with Gasteiger partial charge in [-0.15, -0.1) is 0 Å². The maximum atomic E-state index is 12.8. The largest absolute Gasteiger partial charge is 0.407 e. The fourth-order valence-corrected chi connectivity index (χ4v) is 1.51. The third kappa shape index (κ3) is 3.09. The van der Waals surface area contributed by atoms with Gasteiger partial charge < -0.3 is 5.32 Å². The molecule has 6 heteroatoms. The average Bonchev–Trinajstić information content (AvgIpc) is 2.17. The molecule has 0 aliphatic rings. The van der Waals surface area contributed by atoms with Gasteiger partial charge in [-0.2, -0.15) is 13.2 Å². The van der Waals surface area contributed by atoms with Crippen LogP contribution in [0.2, 0.25) is 5.02 Å². The SMILES string of the molecule is CCNC(c1ccc(F)c(Cl)c1)C(F)(F)F. The normalized spacial score (nSPS) is 13.9. The Labute approximate surface area is 95.4 Å². The maximum Gasteiger partial charge on any atom is 0.407 e. The number of benzene rings is 1. The predicted octanol–water partition coefficient (Wildman–Crippen LogP) is 3.69. The number of halogens is 5. The molecule has 1 nitrogen and oxygen atoms in total. The van der Waals surface area contributed by atoms with Gasteiger partial charge in [0.15, 0.2) is 0 Å². The second-order valence-corrected chi connectivity index (χ2v) is 3.61. The summed E-state index contributed by atoms with van der Waals surface area (Å²) in [5, 5.41) is 1.96. The van der Waals surface area contributed by atoms with Crippen molar-refractivity contribution in [2.45, 2.75) is 19.1 Å². The highest BCUT2D eigenvalue weighted by atomic mass is 35.5. The van der Waals surface area contributed by atoms with Crippen LogP contribution in [0.5, 0.6) is 0 Å². The van der Waals surface area contributed by atoms with Crippen molar-refractivity contribution in [1.29, 1.82) is 0 Å². The van der Waals surface area contributed by atoms with Crippen molar-refractivity contribution >= 4 is 11.6 Å². The van der Waals surface area contributed by atoms with Crippen LogP contribution in [-0.2, 0) is 0 Å². The Kier molecular flexibility index (Phi) is 4.15. The van der Waals surface area contributed by atoms with Crippen LogP contribution >= 0.6 is 11.6 Å². The Bertz CT molecular complexity index is 364. The van der Waals surface area contributed by atoms with Crippen molar-refractivity contribution in [2.75, 3.05) is 6.54 Å². The first kappa shape index (κ1) is 13.3. The summed E-state index contributed by atoms with van der Waals surface area (Å²) in [5.41, 5.74) is -0.0965. The fraction of sp³-hybridized carbons (Fsp3) is 0.400. The van der Waals surface area contributed by atoms with E-state index in [2.05, 4.69) is 5.32 Å². The molecule has 0 spiro atoms. The summed E-state index contributed by atoms with van der Waals surface area (Å²) in [6.45, 7) is 1.71. The molecular formula is C10H10ClF4N. The van der Waals surface area contributed by atoms with E-state index in [0.29, 0.717) is 0 Å². The number of nitrogens with one attached hydrogen (secondary N) is 1. The molecule has 90 valence electrons. The lowest BCUT2D eigenvalue weighted by Crippen LogP contribution is -2.34. The molecule has 1 rings (SSSR count). The van der Waals surface area contributed by atoms with Crippen molar-refractivity contribution < 1.29 is 17.6 Å². The first-order valence-electron chi connectivity index (χ1n) is 4.61. The summed E-state index contributed by atoms with van der Waals surface area (Å²) >= 11 is 5.44. The standard InChI is InChI=1S/C10H10ClF4N/c1-2-16-9(10(13,14)15)6-3-4-8(12)7(11)5-6/h3-5,9,16H,2H2,1H3. The Morgan fingerprint density at radius 2 is 2.00 bits per heavy atom. The molecule has 0 fully saturated rings. The molecule has 0 radical (unpaired) electrons. The van der Waals surface area contributed by atoms with E-state index in [4.69, 9.17) is 11.6 Å². The molecule has 1 aromatic carbocycles. The molecule has 16 heavy (non-hydrogen) atoms. The van der Waals surface area contributed by atoms with Crippen molar-refractivity contribution in [3.63, 3.8) is 0 Å². The molecule has 0 saturated carbocycles. The predicted molar refractivity (Wildman–Crippen MR) is 53.9 cm³/mol. The van der Waals surface area contributed by atoms with Gasteiger partial charge in [-0.1, -0.05) is 24.6 Å². The van der Waals surface area contributed by atoms with Gasteiger partial charge in [0.1, 0.15) is 11.9 Å². The lowest BCUT2D eigenvalue weighted by atomic mass is 10.1. The van der Waals surface area contributed by atoms with Crippen molar-refractivity contribution in [3.05, 3.63) is 34.6 Å². The Morgan fingerprint density at radius 3 is 2.44 bits per heavy atom. The molecule has 1 unspecified atom stereocenters. The second kappa shape index (κ2) is 5.01. The highest BCUT2D eigenvalue weighted by Gasteiger charge is 2.40. The second-order valence-electron chi connectivity index (χ2n) is 3.21. The van der Waals surface area contributed by atoms with E-state index in [1.54, 1.807) is 6.92 Å². The minimum atomic E-state index is -4.43. The lowest BCUT2D eigenvalue weighted by Gasteiger charge is -2.21. The lowest BCUT2D eigenvalue weighted by molar-refractivity contribution is -0.157. The molecule has 0 amide bonds. The van der Waals surface area contributed by atoms with E-state index in [9.17, 15) is 17.6 Å². The summed E-state index contributed by atoms with van der Waals surface area (Å²) in [6.07, 6.45) is -4.43. The highest BCUT2D eigenvalue weighted by Crippen LogP contribution is 2.33. The van der Waals surface area contributed by atoms with Gasteiger partial charge in [0.25, 0.3) is 0 Å². The first-order valence-corrected chi connectivity index (χ1v) is 4.99. The smallest absolute Gasteiger partial charge is 0.303 e. The van der Waals surface area contributed by atoms with E-state index in [0.717, 1.165) is 18.2 Å². The quantitative estimate of drug-likeness (QED) is 0.812. The van der Waals surface area contributed by atoms with Crippen molar-refractivity contribution in [1.82, 2.24) is 5.32 Å². The Balaban J connectivity index is 3.06. The van der Waals surface area contributed by atoms with E-state index in [1.165, 1.54) is 0 Å². The van der Waals surface area contributed by atoms with Gasteiger partial charge in [0.05, 0.1) is 5.02 Å². The van der Waals surface area contributed by atoms with Crippen LogP contribution in [0, 0.1) is 5.82 Å². The van der Waals surface area contributed by atoms with E-state index >= 15 is 0 Å². The van der Waals surface area contributed by atoms with Gasteiger partial charge in [-0.05, 0) is 24.2 Å². The third-order valence-corrected chi connectivity index (χ3v) is 2.30. The Morgan fingerprint density at radius 1 is 1.38 bits per heavy atom. The van der Waals surface area contributed by atoms with Gasteiger partial charge in [-0.3, -0.25) is 0 Å². The average molecular weight is 256 g/mol. The van der Waals surface area contributed by atoms with Crippen molar-refractivity contribution in [2.24, 2.45) is 0 Å². The third-order valence-electron chi connectivity index (χ3n) is 2.01. The zero-order valence-electron chi connectivity index (χ0n) is 8.41. The van der Waals surface area contributed by atoms with Crippen LogP contribution in [0.4, 0.5) is 17.6 Å². The monoisotopic (exact) mass is 255 g/mol. The molecule has 0 bridgehead atoms. The maximum absolute atomic E-state index is 12.8. The van der Waals surface area contributed by atoms with Crippen LogP contribution in [-0.4, -0.2) is 12.7 Å². The summed E-state index contributed by atoms with van der Waals surface area (Å²) < 4.78 is 50.7. The molecule has 0 heterocycles. The van der Waals surface area contributed by atoms with Crippen LogP contribution in [0.1, 0.15) is 18.5 Å². The van der Waals surface area contributed by atoms with Crippen LogP contribution in [0.15, 0.2) is 18.2 Å². The molecule has 0 aromatic heterocycles. The number of alkyl halides is 3. The van der Waals surface area contributed by atoms with E-state index < -0.39 is 18.0 Å². The molecule has 1 aromatic rings. The highest BCUT2D eigenvalue weighted by molar-refractivity contribution is 6.30. The van der Waals surface area contributed by atoms with Crippen molar-refractivity contribution in [3.8, 4) is 0 Å². The summed E-state index contributed by atoms with van der Waals surface area (Å²) in [7, 11) is 0. The minimum absolute atomic E-state index is 0.0965. The summed E-state index contributed by atoms with van der Waals surface area (Å²) in [6, 6.07) is 1.16. The molecule has 1 atom stereocenters. The number of hydrogen-bond acceptors (Lipinski definition) is 1. The molecular weight excluding hydrogens is 246 g/mol. The van der Waals surface area contributed by atoms with E-state index in [-0.39, 0.29) is 17.1 Å². The Hall–Kier alpha value is -0.810. The number of rotatable bonds is 3. The zero-order valence-corrected chi connectivity index (χ0v) is 9.16. The molecule has 0 saturated heterocycles. The van der Waals surface area contributed by atoms with Gasteiger partial charge >= 0.3 is 6.18 Å². The van der Waals surface area contributed by atoms with Gasteiger partial charge in [0, 0.05) is 0 Å². The zero-order chi connectivity index (χ0) is 12.3. The van der Waals surface area contributed by atoms with Gasteiger partial charge in [-0.25, -0.2) is 4.39 Å². The summed E-state index contributed by atoms with van der Waals surface area (Å²) in [5.74, 6) is -0.733. The number of hydrogen-bond donors (Lipinski definition) is 1. The first-order chi connectivity index (χ1) is 7.36. The van der Waals surface area contributed by atoms with Crippen LogP contribution in [0.3, 0.4) is 0 Å². The van der Waals surface area contributed by atoms with Crippen LogP contribution < -0.4 is 5.32 Å². The molecule has 1 N–H and O–H groups in total. The van der Waals surface area contributed by atoms with Gasteiger partial charge in [0.2, 0.25) is 0 Å². The minimum Gasteiger partial charge on any atom is -0.303 e. The fourth-order valence-electron chi connectivity index (χ4n) is 1.32. The molecule has 0 aliphatic carbocycles. The topological polar surface area (TPSA) is 12.0 Å². The molecule has 0 aliphatic heterocycles. The van der Waals surface area contributed by atoms with E-state index in [1.807, 2.05) is 0 Å². The van der Waals surface area contributed by atoms with Crippen LogP contribution in [0.25, 0.3) is 0 Å².